The molecular weight excluding hydrogens is 244 g/mol. The number of nitrogens with zero attached hydrogens (tertiary/aromatic N) is 1. The minimum Gasteiger partial charge on any atom is -0.265 e. The summed E-state index contributed by atoms with van der Waals surface area (Å²) in [6.45, 7) is 0.281. The van der Waals surface area contributed by atoms with Crippen molar-refractivity contribution in [3.63, 3.8) is 0 Å². The van der Waals surface area contributed by atoms with E-state index in [1.165, 1.54) is 11.3 Å². The van der Waals surface area contributed by atoms with E-state index < -0.39 is 10.0 Å². The van der Waals surface area contributed by atoms with E-state index >= 15 is 0 Å². The Morgan fingerprint density at radius 3 is 2.62 bits per heavy atom. The highest BCUT2D eigenvalue weighted by atomic mass is 32.2. The molecule has 1 N–H and O–H groups in total. The van der Waals surface area contributed by atoms with Gasteiger partial charge >= 0.3 is 0 Å². The monoisotopic (exact) mass is 254 g/mol. The number of rotatable bonds is 4. The first-order valence-electron chi connectivity index (χ1n) is 4.60. The second-order valence-electron chi connectivity index (χ2n) is 3.11. The van der Waals surface area contributed by atoms with Crippen LogP contribution in [-0.2, 0) is 16.6 Å². The summed E-state index contributed by atoms with van der Waals surface area (Å²) >= 11 is 1.20. The Balaban J connectivity index is 2.07. The van der Waals surface area contributed by atoms with Crippen molar-refractivity contribution in [2.45, 2.75) is 10.8 Å². The topological polar surface area (TPSA) is 59.1 Å². The fourth-order valence-electron chi connectivity index (χ4n) is 1.17. The van der Waals surface area contributed by atoms with Crippen molar-refractivity contribution in [2.24, 2.45) is 0 Å². The van der Waals surface area contributed by atoms with Crippen molar-refractivity contribution >= 4 is 21.4 Å². The van der Waals surface area contributed by atoms with Crippen LogP contribution in [0.5, 0.6) is 0 Å². The van der Waals surface area contributed by atoms with Gasteiger partial charge in [-0.3, -0.25) is 4.98 Å². The molecule has 6 heteroatoms. The predicted octanol–water partition coefficient (Wildman–Crippen LogP) is 1.62. The largest absolute Gasteiger partial charge is 0.265 e. The number of aromatic nitrogens is 1. The van der Waals surface area contributed by atoms with Gasteiger partial charge in [0.1, 0.15) is 4.21 Å². The molecule has 0 aliphatic heterocycles. The Labute approximate surface area is 98.0 Å². The highest BCUT2D eigenvalue weighted by Gasteiger charge is 2.13. The van der Waals surface area contributed by atoms with Crippen LogP contribution in [0.3, 0.4) is 0 Å². The standard InChI is InChI=1S/C10H10N2O2S2/c13-16(14,10-2-1-7-15-10)12-8-9-3-5-11-6-4-9/h1-7,12H,8H2. The minimum absolute atomic E-state index is 0.281. The Morgan fingerprint density at radius 2 is 2.00 bits per heavy atom. The molecule has 2 aromatic rings. The van der Waals surface area contributed by atoms with E-state index in [0.29, 0.717) is 4.21 Å². The van der Waals surface area contributed by atoms with Gasteiger partial charge in [-0.05, 0) is 29.1 Å². The number of nitrogens with one attached hydrogen (secondary N) is 1. The zero-order valence-electron chi connectivity index (χ0n) is 8.33. The van der Waals surface area contributed by atoms with Crippen molar-refractivity contribution < 1.29 is 8.42 Å². The Kier molecular flexibility index (Phi) is 3.33. The van der Waals surface area contributed by atoms with E-state index in [4.69, 9.17) is 0 Å². The second kappa shape index (κ2) is 4.73. The van der Waals surface area contributed by atoms with Crippen molar-refractivity contribution in [3.05, 3.63) is 47.6 Å². The quantitative estimate of drug-likeness (QED) is 0.902. The van der Waals surface area contributed by atoms with Crippen LogP contribution in [0, 0.1) is 0 Å². The molecule has 0 saturated heterocycles. The van der Waals surface area contributed by atoms with Gasteiger partial charge in [0.05, 0.1) is 0 Å². The summed E-state index contributed by atoms with van der Waals surface area (Å²) in [7, 11) is -3.37. The van der Waals surface area contributed by atoms with Crippen LogP contribution in [0.1, 0.15) is 5.56 Å². The fourth-order valence-corrected chi connectivity index (χ4v) is 3.22. The molecular formula is C10H10N2O2S2. The molecule has 16 heavy (non-hydrogen) atoms. The first-order chi connectivity index (χ1) is 7.68. The molecule has 0 fully saturated rings. The lowest BCUT2D eigenvalue weighted by Gasteiger charge is -2.04. The van der Waals surface area contributed by atoms with Crippen LogP contribution in [0.2, 0.25) is 0 Å². The summed E-state index contributed by atoms with van der Waals surface area (Å²) in [5.74, 6) is 0. The lowest BCUT2D eigenvalue weighted by Crippen LogP contribution is -2.22. The Hall–Kier alpha value is -1.24. The van der Waals surface area contributed by atoms with E-state index in [9.17, 15) is 8.42 Å². The van der Waals surface area contributed by atoms with E-state index in [-0.39, 0.29) is 6.54 Å². The molecule has 0 unspecified atom stereocenters. The van der Waals surface area contributed by atoms with Gasteiger partial charge in [0.2, 0.25) is 10.0 Å². The summed E-state index contributed by atoms with van der Waals surface area (Å²) in [5, 5.41) is 1.74. The molecule has 0 aliphatic rings. The molecule has 2 aromatic heterocycles. The van der Waals surface area contributed by atoms with Gasteiger partial charge in [-0.25, -0.2) is 13.1 Å². The van der Waals surface area contributed by atoms with Crippen LogP contribution in [-0.4, -0.2) is 13.4 Å². The number of sulfonamides is 1. The van der Waals surface area contributed by atoms with Gasteiger partial charge in [0.15, 0.2) is 0 Å². The van der Waals surface area contributed by atoms with Crippen LogP contribution in [0.15, 0.2) is 46.2 Å². The van der Waals surface area contributed by atoms with Gasteiger partial charge in [-0.15, -0.1) is 11.3 Å². The Bertz CT molecular complexity index is 535. The highest BCUT2D eigenvalue weighted by molar-refractivity contribution is 7.91. The van der Waals surface area contributed by atoms with Gasteiger partial charge in [0, 0.05) is 18.9 Å². The average Bonchev–Trinajstić information content (AvgIpc) is 2.82. The molecule has 0 spiro atoms. The average molecular weight is 254 g/mol. The Morgan fingerprint density at radius 1 is 1.25 bits per heavy atom. The van der Waals surface area contributed by atoms with Crippen molar-refractivity contribution in [1.82, 2.24) is 9.71 Å². The van der Waals surface area contributed by atoms with Crippen molar-refractivity contribution in [2.75, 3.05) is 0 Å². The third-order valence-electron chi connectivity index (χ3n) is 1.98. The van der Waals surface area contributed by atoms with E-state index in [1.807, 2.05) is 0 Å². The van der Waals surface area contributed by atoms with Gasteiger partial charge < -0.3 is 0 Å². The summed E-state index contributed by atoms with van der Waals surface area (Å²) in [6.07, 6.45) is 3.27. The fraction of sp³-hybridized carbons (Fsp3) is 0.100. The molecule has 84 valence electrons. The van der Waals surface area contributed by atoms with Gasteiger partial charge in [-0.2, -0.15) is 0 Å². The molecule has 0 amide bonds. The molecule has 0 aliphatic carbocycles. The zero-order chi connectivity index (χ0) is 11.4. The van der Waals surface area contributed by atoms with Crippen LogP contribution in [0.4, 0.5) is 0 Å². The SMILES string of the molecule is O=S(=O)(NCc1ccncc1)c1cccs1. The van der Waals surface area contributed by atoms with Gasteiger partial charge in [0.25, 0.3) is 0 Å². The molecule has 2 rings (SSSR count). The molecule has 2 heterocycles. The molecule has 0 radical (unpaired) electrons. The van der Waals surface area contributed by atoms with Crippen molar-refractivity contribution in [3.8, 4) is 0 Å². The molecule has 0 saturated carbocycles. The van der Waals surface area contributed by atoms with E-state index in [1.54, 1.807) is 42.0 Å². The summed E-state index contributed by atoms with van der Waals surface area (Å²) in [6, 6.07) is 6.85. The van der Waals surface area contributed by atoms with E-state index in [0.717, 1.165) is 5.56 Å². The maximum atomic E-state index is 11.8. The second-order valence-corrected chi connectivity index (χ2v) is 6.05. The summed E-state index contributed by atoms with van der Waals surface area (Å²) in [4.78, 5) is 3.86. The normalized spacial score (nSPS) is 11.5. The molecule has 0 atom stereocenters. The zero-order valence-corrected chi connectivity index (χ0v) is 9.96. The number of hydrogen-bond donors (Lipinski definition) is 1. The lowest BCUT2D eigenvalue weighted by molar-refractivity contribution is 0.583. The number of pyridine rings is 1. The summed E-state index contributed by atoms with van der Waals surface area (Å²) in [5.41, 5.74) is 0.884. The highest BCUT2D eigenvalue weighted by Crippen LogP contribution is 2.15. The van der Waals surface area contributed by atoms with Crippen molar-refractivity contribution in [1.29, 1.82) is 0 Å². The third-order valence-corrected chi connectivity index (χ3v) is 4.77. The molecule has 0 bridgehead atoms. The number of hydrogen-bond acceptors (Lipinski definition) is 4. The predicted molar refractivity (Wildman–Crippen MR) is 62.6 cm³/mol. The summed E-state index contributed by atoms with van der Waals surface area (Å²) < 4.78 is 26.4. The maximum absolute atomic E-state index is 11.8. The van der Waals surface area contributed by atoms with Crippen LogP contribution < -0.4 is 4.72 Å². The smallest absolute Gasteiger partial charge is 0.250 e. The lowest BCUT2D eigenvalue weighted by atomic mass is 10.3. The first-order valence-corrected chi connectivity index (χ1v) is 6.97. The minimum atomic E-state index is -3.37. The third kappa shape index (κ3) is 2.66. The first kappa shape index (κ1) is 11.3. The van der Waals surface area contributed by atoms with Gasteiger partial charge in [-0.1, -0.05) is 6.07 Å². The van der Waals surface area contributed by atoms with Crippen LogP contribution in [0.25, 0.3) is 0 Å². The van der Waals surface area contributed by atoms with E-state index in [2.05, 4.69) is 9.71 Å². The van der Waals surface area contributed by atoms with Crippen LogP contribution >= 0.6 is 11.3 Å². The maximum Gasteiger partial charge on any atom is 0.250 e. The number of thiophene rings is 1. The molecule has 4 nitrogen and oxygen atoms in total. The molecule has 0 aromatic carbocycles.